The van der Waals surface area contributed by atoms with Gasteiger partial charge < -0.3 is 9.64 Å². The van der Waals surface area contributed by atoms with Crippen LogP contribution >= 0.6 is 0 Å². The number of fused-ring (bicyclic) bond motifs is 1. The van der Waals surface area contributed by atoms with Crippen molar-refractivity contribution >= 4 is 29.4 Å². The monoisotopic (exact) mass is 392 g/mol. The number of carbonyl (C=O) groups is 4. The zero-order valence-electron chi connectivity index (χ0n) is 16.0. The van der Waals surface area contributed by atoms with Crippen molar-refractivity contribution in [2.45, 2.75) is 25.9 Å². The fourth-order valence-electron chi connectivity index (χ4n) is 3.67. The Morgan fingerprint density at radius 1 is 0.931 bits per heavy atom. The quantitative estimate of drug-likeness (QED) is 0.590. The number of ether oxygens (including phenoxy) is 1. The van der Waals surface area contributed by atoms with Gasteiger partial charge in [0, 0.05) is 13.1 Å². The summed E-state index contributed by atoms with van der Waals surface area (Å²) in [6, 6.07) is 12.7. The molecule has 0 saturated carbocycles. The van der Waals surface area contributed by atoms with Crippen molar-refractivity contribution in [1.82, 2.24) is 4.90 Å². The first kappa shape index (κ1) is 18.9. The van der Waals surface area contributed by atoms with Crippen LogP contribution in [0.4, 0.5) is 5.69 Å². The molecule has 1 atom stereocenters. The number of hydrogen-bond donors (Lipinski definition) is 0. The van der Waals surface area contributed by atoms with Crippen LogP contribution in [-0.4, -0.2) is 47.8 Å². The molecule has 7 heteroatoms. The first-order chi connectivity index (χ1) is 14.0. The molecule has 0 aliphatic carbocycles. The number of amides is 3. The number of anilines is 1. The lowest BCUT2D eigenvalue weighted by Crippen LogP contribution is -2.38. The first-order valence-corrected chi connectivity index (χ1v) is 9.55. The summed E-state index contributed by atoms with van der Waals surface area (Å²) in [7, 11) is 0. The average Bonchev–Trinajstić information content (AvgIpc) is 3.35. The summed E-state index contributed by atoms with van der Waals surface area (Å²) >= 11 is 0. The second-order valence-corrected chi connectivity index (χ2v) is 7.12. The molecule has 2 aromatic carbocycles. The fraction of sp³-hybridized carbons (Fsp3) is 0.273. The highest BCUT2D eigenvalue weighted by atomic mass is 16.5. The van der Waals surface area contributed by atoms with E-state index in [4.69, 9.17) is 4.74 Å². The molecule has 0 bridgehead atoms. The van der Waals surface area contributed by atoms with Gasteiger partial charge in [-0.2, -0.15) is 0 Å². The molecule has 1 fully saturated rings. The Balaban J connectivity index is 1.52. The Morgan fingerprint density at radius 3 is 2.17 bits per heavy atom. The highest BCUT2D eigenvalue weighted by Gasteiger charge is 2.36. The molecule has 0 aromatic heterocycles. The van der Waals surface area contributed by atoms with Gasteiger partial charge in [0.1, 0.15) is 0 Å². The van der Waals surface area contributed by atoms with Crippen molar-refractivity contribution < 1.29 is 23.9 Å². The van der Waals surface area contributed by atoms with Gasteiger partial charge in [-0.3, -0.25) is 14.4 Å². The van der Waals surface area contributed by atoms with Gasteiger partial charge in [0.05, 0.1) is 22.4 Å². The largest absolute Gasteiger partial charge is 0.449 e. The fourth-order valence-corrected chi connectivity index (χ4v) is 3.67. The van der Waals surface area contributed by atoms with Crippen LogP contribution in [0.25, 0.3) is 0 Å². The number of imide groups is 1. The standard InChI is InChI=1S/C22H20N2O5/c1-14(19(25)23-11-4-5-12-23)29-22(28)15-7-6-8-16(13-15)24-20(26)17-9-2-3-10-18(17)21(24)27/h2-3,6-10,13-14H,4-5,11-12H2,1H3/t14-/m1/s1. The third kappa shape index (κ3) is 3.40. The Bertz CT molecular complexity index is 975. The maximum Gasteiger partial charge on any atom is 0.338 e. The molecular weight excluding hydrogens is 372 g/mol. The number of rotatable bonds is 4. The van der Waals surface area contributed by atoms with E-state index < -0.39 is 23.9 Å². The smallest absolute Gasteiger partial charge is 0.338 e. The van der Waals surface area contributed by atoms with Gasteiger partial charge in [-0.25, -0.2) is 9.69 Å². The van der Waals surface area contributed by atoms with Gasteiger partial charge in [0.25, 0.3) is 17.7 Å². The van der Waals surface area contributed by atoms with Crippen LogP contribution in [0.2, 0.25) is 0 Å². The molecule has 0 spiro atoms. The van der Waals surface area contributed by atoms with E-state index in [0.717, 1.165) is 17.7 Å². The maximum absolute atomic E-state index is 12.6. The van der Waals surface area contributed by atoms with E-state index in [9.17, 15) is 19.2 Å². The SMILES string of the molecule is C[C@@H](OC(=O)c1cccc(N2C(=O)c3ccccc3C2=O)c1)C(=O)N1CCCC1. The number of carbonyl (C=O) groups excluding carboxylic acids is 4. The Morgan fingerprint density at radius 2 is 1.55 bits per heavy atom. The summed E-state index contributed by atoms with van der Waals surface area (Å²) in [4.78, 5) is 52.9. The minimum atomic E-state index is -0.899. The van der Waals surface area contributed by atoms with Crippen LogP contribution in [0.5, 0.6) is 0 Å². The second kappa shape index (κ2) is 7.50. The van der Waals surface area contributed by atoms with Gasteiger partial charge in [-0.05, 0) is 50.1 Å². The van der Waals surface area contributed by atoms with Crippen LogP contribution in [-0.2, 0) is 9.53 Å². The van der Waals surface area contributed by atoms with Crippen LogP contribution in [0.3, 0.4) is 0 Å². The predicted octanol–water partition coefficient (Wildman–Crippen LogP) is 2.65. The van der Waals surface area contributed by atoms with Crippen molar-refractivity contribution in [2.75, 3.05) is 18.0 Å². The highest BCUT2D eigenvalue weighted by molar-refractivity contribution is 6.34. The van der Waals surface area contributed by atoms with Gasteiger partial charge >= 0.3 is 5.97 Å². The molecule has 0 unspecified atom stereocenters. The van der Waals surface area contributed by atoms with Gasteiger partial charge in [-0.1, -0.05) is 18.2 Å². The number of hydrogen-bond acceptors (Lipinski definition) is 5. The number of likely N-dealkylation sites (tertiary alicyclic amines) is 1. The van der Waals surface area contributed by atoms with E-state index in [1.807, 2.05) is 0 Å². The van der Waals surface area contributed by atoms with E-state index in [1.54, 1.807) is 48.2 Å². The molecule has 2 aromatic rings. The van der Waals surface area contributed by atoms with Crippen LogP contribution in [0, 0.1) is 0 Å². The van der Waals surface area contributed by atoms with Crippen LogP contribution < -0.4 is 4.90 Å². The lowest BCUT2D eigenvalue weighted by atomic mass is 10.1. The van der Waals surface area contributed by atoms with E-state index in [2.05, 4.69) is 0 Å². The number of nitrogens with zero attached hydrogens (tertiary/aromatic N) is 2. The van der Waals surface area contributed by atoms with Crippen LogP contribution in [0.1, 0.15) is 50.8 Å². The van der Waals surface area contributed by atoms with Crippen molar-refractivity contribution in [1.29, 1.82) is 0 Å². The third-order valence-corrected chi connectivity index (χ3v) is 5.18. The third-order valence-electron chi connectivity index (χ3n) is 5.18. The van der Waals surface area contributed by atoms with Gasteiger partial charge in [0.15, 0.2) is 6.10 Å². The van der Waals surface area contributed by atoms with E-state index in [0.29, 0.717) is 24.2 Å². The Labute approximate surface area is 167 Å². The molecule has 29 heavy (non-hydrogen) atoms. The van der Waals surface area contributed by atoms with Crippen molar-refractivity contribution in [2.24, 2.45) is 0 Å². The summed E-state index contributed by atoms with van der Waals surface area (Å²) in [5, 5.41) is 0. The van der Waals surface area contributed by atoms with Crippen LogP contribution in [0.15, 0.2) is 48.5 Å². The van der Waals surface area contributed by atoms with Gasteiger partial charge in [0.2, 0.25) is 0 Å². The molecule has 3 amide bonds. The molecule has 2 heterocycles. The minimum absolute atomic E-state index is 0.167. The lowest BCUT2D eigenvalue weighted by Gasteiger charge is -2.20. The van der Waals surface area contributed by atoms with E-state index >= 15 is 0 Å². The van der Waals surface area contributed by atoms with E-state index in [-0.39, 0.29) is 17.2 Å². The Kier molecular flexibility index (Phi) is 4.88. The molecule has 148 valence electrons. The molecule has 4 rings (SSSR count). The zero-order valence-corrected chi connectivity index (χ0v) is 16.0. The van der Waals surface area contributed by atoms with Crippen molar-refractivity contribution in [3.63, 3.8) is 0 Å². The maximum atomic E-state index is 12.6. The molecule has 0 radical (unpaired) electrons. The normalized spacial score (nSPS) is 16.7. The van der Waals surface area contributed by atoms with Gasteiger partial charge in [-0.15, -0.1) is 0 Å². The minimum Gasteiger partial charge on any atom is -0.449 e. The summed E-state index contributed by atoms with van der Waals surface area (Å²) in [6.45, 7) is 2.90. The predicted molar refractivity (Wildman–Crippen MR) is 105 cm³/mol. The topological polar surface area (TPSA) is 84.0 Å². The summed E-state index contributed by atoms with van der Waals surface area (Å²) in [5.41, 5.74) is 1.11. The summed E-state index contributed by atoms with van der Waals surface area (Å²) in [6.07, 6.45) is 1.01. The zero-order chi connectivity index (χ0) is 20.5. The molecule has 2 aliphatic rings. The average molecular weight is 392 g/mol. The second-order valence-electron chi connectivity index (χ2n) is 7.12. The summed E-state index contributed by atoms with van der Waals surface area (Å²) in [5.74, 6) is -1.77. The summed E-state index contributed by atoms with van der Waals surface area (Å²) < 4.78 is 5.33. The van der Waals surface area contributed by atoms with Crippen molar-refractivity contribution in [3.05, 3.63) is 65.2 Å². The Hall–Kier alpha value is -3.48. The van der Waals surface area contributed by atoms with Crippen molar-refractivity contribution in [3.8, 4) is 0 Å². The molecule has 2 aliphatic heterocycles. The number of benzene rings is 2. The highest BCUT2D eigenvalue weighted by Crippen LogP contribution is 2.29. The molecular formula is C22H20N2O5. The number of esters is 1. The first-order valence-electron chi connectivity index (χ1n) is 9.55. The molecule has 0 N–H and O–H groups in total. The molecule has 7 nitrogen and oxygen atoms in total. The van der Waals surface area contributed by atoms with E-state index in [1.165, 1.54) is 12.1 Å². The molecule has 1 saturated heterocycles. The lowest BCUT2D eigenvalue weighted by molar-refractivity contribution is -0.138.